The molecule has 0 radical (unpaired) electrons. The Bertz CT molecular complexity index is 4160. The zero-order chi connectivity index (χ0) is 68.4. The quantitative estimate of drug-likeness (QED) is 0.0512. The first-order valence-electron chi connectivity index (χ1n) is 30.7. The minimum Gasteiger partial charge on any atom is -0.496 e. The van der Waals surface area contributed by atoms with Gasteiger partial charge in [-0.2, -0.15) is 0 Å². The number of esters is 2. The molecule has 12 rings (SSSR count). The normalized spacial score (nSPS) is 14.4. The molecule has 0 bridgehead atoms. The third kappa shape index (κ3) is 20.5. The Morgan fingerprint density at radius 1 is 0.465 bits per heavy atom. The summed E-state index contributed by atoms with van der Waals surface area (Å²) in [7, 11) is 7.38. The lowest BCUT2D eigenvalue weighted by atomic mass is 9.98. The number of carbonyl (C=O) groups excluding carboxylic acids is 2. The van der Waals surface area contributed by atoms with Crippen LogP contribution in [0.25, 0.3) is 33.4 Å². The number of anilines is 2. The number of carbonyl (C=O) groups is 3. The third-order valence-corrected chi connectivity index (χ3v) is 17.4. The van der Waals surface area contributed by atoms with E-state index in [1.165, 1.54) is 48.4 Å². The molecule has 0 spiro atoms. The van der Waals surface area contributed by atoms with E-state index in [2.05, 4.69) is 34.6 Å². The van der Waals surface area contributed by atoms with Gasteiger partial charge < -0.3 is 53.4 Å². The molecule has 2 saturated heterocycles. The van der Waals surface area contributed by atoms with Gasteiger partial charge in [0.25, 0.3) is 0 Å². The van der Waals surface area contributed by atoms with E-state index in [1.807, 2.05) is 9.80 Å². The topological polar surface area (TPSA) is 201 Å². The van der Waals surface area contributed by atoms with E-state index in [9.17, 15) is 14.4 Å². The van der Waals surface area contributed by atoms with Gasteiger partial charge in [-0.25, -0.2) is 43.1 Å². The largest absolute Gasteiger partial charge is 0.496 e. The average molecular weight is 1440 g/mol. The van der Waals surface area contributed by atoms with E-state index < -0.39 is 11.9 Å². The van der Waals surface area contributed by atoms with Crippen LogP contribution in [-0.4, -0.2) is 115 Å². The second-order valence-corrected chi connectivity index (χ2v) is 24.4. The summed E-state index contributed by atoms with van der Waals surface area (Å²) in [6.07, 6.45) is 16.6. The van der Waals surface area contributed by atoms with Crippen molar-refractivity contribution >= 4 is 76.2 Å². The van der Waals surface area contributed by atoms with Gasteiger partial charge >= 0.3 is 17.9 Å². The number of methoxy groups -OCH3 is 5. The number of benzene rings is 6. The maximum Gasteiger partial charge on any atom is 0.310 e. The number of carboxylic acid groups (broad SMARTS) is 1. The van der Waals surface area contributed by atoms with Gasteiger partial charge in [-0.3, -0.25) is 14.4 Å². The molecule has 524 valence electrons. The molecule has 3 aromatic heterocycles. The maximum atomic E-state index is 15.5. The van der Waals surface area contributed by atoms with Crippen molar-refractivity contribution in [3.8, 4) is 50.6 Å². The lowest BCUT2D eigenvalue weighted by Crippen LogP contribution is -2.25. The van der Waals surface area contributed by atoms with Crippen LogP contribution in [0.5, 0.6) is 17.2 Å². The monoisotopic (exact) mass is 1430 g/mol. The van der Waals surface area contributed by atoms with E-state index in [0.717, 1.165) is 29.5 Å². The van der Waals surface area contributed by atoms with Crippen molar-refractivity contribution in [3.05, 3.63) is 232 Å². The number of carboxylic acids is 1. The van der Waals surface area contributed by atoms with Crippen LogP contribution in [0.2, 0.25) is 20.4 Å². The molecular formula is C75H79Cl4F3N8O9-2. The molecular weight excluding hydrogens is 1360 g/mol. The zero-order valence-corrected chi connectivity index (χ0v) is 58.2. The Morgan fingerprint density at radius 2 is 0.788 bits per heavy atom. The van der Waals surface area contributed by atoms with Crippen LogP contribution < -0.4 is 24.0 Å². The summed E-state index contributed by atoms with van der Waals surface area (Å²) in [4.78, 5) is 62.9. The number of hydrogen-bond acceptors (Lipinski definition) is 16. The van der Waals surface area contributed by atoms with E-state index in [1.54, 1.807) is 146 Å². The highest BCUT2D eigenvalue weighted by Gasteiger charge is 2.32. The van der Waals surface area contributed by atoms with Gasteiger partial charge in [-0.05, 0) is 142 Å². The van der Waals surface area contributed by atoms with Crippen LogP contribution in [0.3, 0.4) is 0 Å². The van der Waals surface area contributed by atoms with Crippen LogP contribution in [0.15, 0.2) is 146 Å². The first kappa shape index (κ1) is 78.9. The highest BCUT2D eigenvalue weighted by molar-refractivity contribution is 6.31. The third-order valence-electron chi connectivity index (χ3n) is 16.5. The minimum absolute atomic E-state index is 0. The fourth-order valence-corrected chi connectivity index (χ4v) is 12.2. The Kier molecular flexibility index (Phi) is 30.1. The van der Waals surface area contributed by atoms with Crippen LogP contribution in [0.4, 0.5) is 25.1 Å². The van der Waals surface area contributed by atoms with Crippen LogP contribution in [0.1, 0.15) is 79.3 Å². The SMILES string of the molecule is C.COC(=O)C1CCCC1.COC(=O)C1CCN(c2ncc(Cc3ccc(OC)c(-c4cccc(Cl)c4)c3F)cn2)C1.COc1ccc(Cc2cnc(Cl)nc2)c(F)c1-c1cccc(Cl)c1.COc1ccc(Cc2cnc(N3CCC(C(=O)O)C3)nc2)c(F)c1-c1cccc(Cl)c1.[CH3-].[CH3-]. The van der Waals surface area contributed by atoms with Gasteiger partial charge in [0.15, 0.2) is 0 Å². The summed E-state index contributed by atoms with van der Waals surface area (Å²) >= 11 is 23.9. The number of hydrogen-bond donors (Lipinski definition) is 1. The van der Waals surface area contributed by atoms with Crippen molar-refractivity contribution in [2.45, 2.75) is 65.2 Å². The van der Waals surface area contributed by atoms with Crippen LogP contribution in [0, 0.1) is 50.1 Å². The summed E-state index contributed by atoms with van der Waals surface area (Å²) in [5.74, 6) is -0.128. The highest BCUT2D eigenvalue weighted by atomic mass is 35.5. The van der Waals surface area contributed by atoms with Crippen LogP contribution >= 0.6 is 46.4 Å². The second kappa shape index (κ2) is 37.8. The van der Waals surface area contributed by atoms with Crippen molar-refractivity contribution in [1.82, 2.24) is 29.9 Å². The summed E-state index contributed by atoms with van der Waals surface area (Å²) in [5.41, 5.74) is 6.84. The lowest BCUT2D eigenvalue weighted by Gasteiger charge is -2.16. The fourth-order valence-electron chi connectivity index (χ4n) is 11.5. The molecule has 2 unspecified atom stereocenters. The molecule has 9 aromatic rings. The van der Waals surface area contributed by atoms with Gasteiger partial charge in [-0.15, -0.1) is 0 Å². The van der Waals surface area contributed by atoms with Gasteiger partial charge in [0.05, 0.1) is 70.0 Å². The summed E-state index contributed by atoms with van der Waals surface area (Å²) in [6.45, 7) is 2.22. The first-order valence-corrected chi connectivity index (χ1v) is 32.2. The average Bonchev–Trinajstić information content (AvgIpc) is 1.57. The number of aliphatic carboxylic acids is 1. The molecule has 24 heteroatoms. The predicted molar refractivity (Wildman–Crippen MR) is 384 cm³/mol. The molecule has 5 heterocycles. The fraction of sp³-hybridized carbons (Fsp3) is 0.293. The van der Waals surface area contributed by atoms with Gasteiger partial charge in [0.2, 0.25) is 17.2 Å². The molecule has 1 saturated carbocycles. The molecule has 2 aliphatic heterocycles. The number of halogens is 7. The number of nitrogens with zero attached hydrogens (tertiary/aromatic N) is 8. The number of aromatic nitrogens is 6. The standard InChI is InChI=1S/C24H23ClFN3O3.C23H21ClFN3O3.C18H13Cl2FN2O.C7H12O2.CH4.2CH3/c1-31-20-7-6-17(22(26)21(20)16-4-3-5-19(25)11-16)10-15-12-27-24(28-13-15)29-9-8-18(14-29)23(30)32-2;1-31-19-6-5-16(21(25)20(19)15-3-2-4-18(24)10-15)9-14-11-26-23(27-12-14)28-8-7-17(13-28)22(29)30;1-24-15-6-5-13(7-11-9-22-18(20)23-10-11)17(21)16(15)12-3-2-4-14(19)8-12;1-9-7(8)6-4-2-3-5-6;;;/h3-7,11-13,18H,8-10,14H2,1-2H3;2-6,10-12,17H,7-9,13H2,1H3,(H,29,30);2-6,8-10H,7H2,1H3;6H,2-5H2,1H3;1H4;2*1H3/q;;;;;2*-1. The predicted octanol–water partition coefficient (Wildman–Crippen LogP) is 17.1. The number of ether oxygens (including phenoxy) is 5. The van der Waals surface area contributed by atoms with Gasteiger partial charge in [0.1, 0.15) is 34.7 Å². The zero-order valence-electron chi connectivity index (χ0n) is 55.2. The lowest BCUT2D eigenvalue weighted by molar-refractivity contribution is -0.145. The van der Waals surface area contributed by atoms with Gasteiger partial charge in [-0.1, -0.05) is 110 Å². The first-order chi connectivity index (χ1) is 46.4. The Morgan fingerprint density at radius 3 is 1.10 bits per heavy atom. The van der Waals surface area contributed by atoms with Crippen molar-refractivity contribution < 1.29 is 56.3 Å². The Labute approximate surface area is 596 Å². The van der Waals surface area contributed by atoms with E-state index in [-0.39, 0.29) is 68.8 Å². The molecule has 1 N–H and O–H groups in total. The second-order valence-electron chi connectivity index (χ2n) is 22.8. The smallest absolute Gasteiger partial charge is 0.310 e. The van der Waals surface area contributed by atoms with E-state index in [0.29, 0.717) is 153 Å². The summed E-state index contributed by atoms with van der Waals surface area (Å²) < 4.78 is 71.5. The van der Waals surface area contributed by atoms with E-state index in [4.69, 9.17) is 70.5 Å². The van der Waals surface area contributed by atoms with Crippen LogP contribution in [-0.2, 0) is 43.1 Å². The van der Waals surface area contributed by atoms with Gasteiger partial charge in [0, 0.05) is 97.7 Å². The van der Waals surface area contributed by atoms with E-state index >= 15 is 13.2 Å². The summed E-state index contributed by atoms with van der Waals surface area (Å²) in [6, 6.07) is 31.3. The molecule has 2 atom stereocenters. The molecule has 3 fully saturated rings. The van der Waals surface area contributed by atoms with Crippen molar-refractivity contribution in [2.24, 2.45) is 17.8 Å². The Hall–Kier alpha value is -9.08. The van der Waals surface area contributed by atoms with Crippen molar-refractivity contribution in [3.63, 3.8) is 0 Å². The molecule has 0 amide bonds. The molecule has 3 aliphatic rings. The molecule has 99 heavy (non-hydrogen) atoms. The van der Waals surface area contributed by atoms with Crippen molar-refractivity contribution in [2.75, 3.05) is 71.5 Å². The molecule has 6 aromatic carbocycles. The molecule has 17 nitrogen and oxygen atoms in total. The number of rotatable bonds is 17. The Balaban J connectivity index is 0.000000218. The maximum absolute atomic E-state index is 15.5. The van der Waals surface area contributed by atoms with Crippen molar-refractivity contribution in [1.29, 1.82) is 0 Å². The summed E-state index contributed by atoms with van der Waals surface area (Å²) in [5, 5.41) is 10.9. The minimum atomic E-state index is -0.801. The molecule has 1 aliphatic carbocycles. The highest BCUT2D eigenvalue weighted by Crippen LogP contribution is 2.40.